The van der Waals surface area contributed by atoms with Crippen LogP contribution in [0.2, 0.25) is 0 Å². The highest BCUT2D eigenvalue weighted by atomic mass is 79.9. The fourth-order valence-electron chi connectivity index (χ4n) is 1.85. The molecular formula is C15H13BrO3S. The predicted molar refractivity (Wildman–Crippen MR) is 80.4 cm³/mol. The van der Waals surface area contributed by atoms with Crippen LogP contribution in [-0.2, 0) is 21.1 Å². The van der Waals surface area contributed by atoms with E-state index in [1.54, 1.807) is 48.5 Å². The first-order chi connectivity index (χ1) is 9.55. The number of aldehydes is 1. The quantitative estimate of drug-likeness (QED) is 0.774. The summed E-state index contributed by atoms with van der Waals surface area (Å²) >= 11 is 3.36. The van der Waals surface area contributed by atoms with E-state index in [-0.39, 0.29) is 9.79 Å². The van der Waals surface area contributed by atoms with Gasteiger partial charge in [0.15, 0.2) is 0 Å². The first kappa shape index (κ1) is 14.9. The molecule has 0 spiro atoms. The van der Waals surface area contributed by atoms with Crippen LogP contribution in [0.15, 0.2) is 62.8 Å². The number of carbonyl (C=O) groups excluding carboxylic acids is 1. The first-order valence-electron chi connectivity index (χ1n) is 6.08. The van der Waals surface area contributed by atoms with Crippen LogP contribution in [0.4, 0.5) is 0 Å². The van der Waals surface area contributed by atoms with E-state index in [9.17, 15) is 13.2 Å². The van der Waals surface area contributed by atoms with Crippen molar-refractivity contribution in [2.75, 3.05) is 0 Å². The van der Waals surface area contributed by atoms with Crippen molar-refractivity contribution in [3.05, 3.63) is 58.6 Å². The number of benzene rings is 2. The van der Waals surface area contributed by atoms with Gasteiger partial charge in [0, 0.05) is 10.9 Å². The van der Waals surface area contributed by atoms with Crippen molar-refractivity contribution in [3.8, 4) is 0 Å². The topological polar surface area (TPSA) is 51.2 Å². The molecule has 0 saturated carbocycles. The van der Waals surface area contributed by atoms with Gasteiger partial charge in [0.25, 0.3) is 0 Å². The minimum absolute atomic E-state index is 0.241. The maximum Gasteiger partial charge on any atom is 0.206 e. The van der Waals surface area contributed by atoms with Gasteiger partial charge in [-0.3, -0.25) is 0 Å². The molecule has 2 aromatic rings. The highest BCUT2D eigenvalue weighted by Gasteiger charge is 2.18. The summed E-state index contributed by atoms with van der Waals surface area (Å²) in [6.07, 6.45) is 1.86. The monoisotopic (exact) mass is 352 g/mol. The summed E-state index contributed by atoms with van der Waals surface area (Å²) in [6.45, 7) is 0. The van der Waals surface area contributed by atoms with Crippen molar-refractivity contribution < 1.29 is 13.2 Å². The second-order valence-corrected chi connectivity index (χ2v) is 7.08. The van der Waals surface area contributed by atoms with Crippen molar-refractivity contribution in [2.24, 2.45) is 0 Å². The summed E-state index contributed by atoms with van der Waals surface area (Å²) in [5.74, 6) is 0. The van der Waals surface area contributed by atoms with Gasteiger partial charge >= 0.3 is 0 Å². The average Bonchev–Trinajstić information content (AvgIpc) is 2.47. The fourth-order valence-corrected chi connectivity index (χ4v) is 3.88. The Balaban J connectivity index is 2.39. The van der Waals surface area contributed by atoms with Gasteiger partial charge < -0.3 is 4.79 Å². The van der Waals surface area contributed by atoms with E-state index in [2.05, 4.69) is 15.9 Å². The molecule has 0 saturated heterocycles. The van der Waals surface area contributed by atoms with Crippen molar-refractivity contribution in [1.82, 2.24) is 0 Å². The van der Waals surface area contributed by atoms with Crippen LogP contribution >= 0.6 is 15.9 Å². The Morgan fingerprint density at radius 2 is 1.70 bits per heavy atom. The highest BCUT2D eigenvalue weighted by Crippen LogP contribution is 2.26. The molecule has 0 heterocycles. The molecule has 104 valence electrons. The number of carbonyl (C=O) groups is 1. The van der Waals surface area contributed by atoms with Crippen LogP contribution in [0.25, 0.3) is 0 Å². The summed E-state index contributed by atoms with van der Waals surface area (Å²) in [5, 5.41) is 0. The largest absolute Gasteiger partial charge is 0.303 e. The Labute approximate surface area is 126 Å². The van der Waals surface area contributed by atoms with Gasteiger partial charge in [0.2, 0.25) is 9.84 Å². The standard InChI is InChI=1S/C15H13BrO3S/c16-15-11-14(9-8-12(15)5-4-10-17)20(18,19)13-6-2-1-3-7-13/h1-3,6-11H,4-5H2. The third kappa shape index (κ3) is 3.16. The Morgan fingerprint density at radius 1 is 1.00 bits per heavy atom. The molecule has 5 heteroatoms. The molecule has 0 bridgehead atoms. The van der Waals surface area contributed by atoms with Gasteiger partial charge in [0.1, 0.15) is 6.29 Å². The van der Waals surface area contributed by atoms with E-state index >= 15 is 0 Å². The molecule has 0 atom stereocenters. The van der Waals surface area contributed by atoms with Gasteiger partial charge in [-0.2, -0.15) is 0 Å². The Kier molecular flexibility index (Phi) is 4.73. The average molecular weight is 353 g/mol. The van der Waals surface area contributed by atoms with E-state index in [1.165, 1.54) is 0 Å². The molecule has 0 aromatic heterocycles. The molecule has 2 rings (SSSR count). The van der Waals surface area contributed by atoms with Crippen LogP contribution in [0.3, 0.4) is 0 Å². The number of hydrogen-bond donors (Lipinski definition) is 0. The van der Waals surface area contributed by atoms with E-state index in [0.717, 1.165) is 11.8 Å². The minimum atomic E-state index is -3.50. The van der Waals surface area contributed by atoms with Crippen molar-refractivity contribution in [3.63, 3.8) is 0 Å². The summed E-state index contributed by atoms with van der Waals surface area (Å²) in [6, 6.07) is 13.2. The van der Waals surface area contributed by atoms with Crippen LogP contribution in [0.1, 0.15) is 12.0 Å². The molecule has 0 aliphatic heterocycles. The SMILES string of the molecule is O=CCCc1ccc(S(=O)(=O)c2ccccc2)cc1Br. The summed E-state index contributed by atoms with van der Waals surface area (Å²) in [4.78, 5) is 10.9. The van der Waals surface area contributed by atoms with Gasteiger partial charge in [-0.25, -0.2) is 8.42 Å². The lowest BCUT2D eigenvalue weighted by Crippen LogP contribution is -2.02. The van der Waals surface area contributed by atoms with Crippen LogP contribution in [0, 0.1) is 0 Å². The molecule has 0 aliphatic rings. The van der Waals surface area contributed by atoms with Crippen LogP contribution in [-0.4, -0.2) is 14.7 Å². The van der Waals surface area contributed by atoms with Crippen molar-refractivity contribution in [1.29, 1.82) is 0 Å². The maximum atomic E-state index is 12.4. The van der Waals surface area contributed by atoms with E-state index < -0.39 is 9.84 Å². The molecule has 0 fully saturated rings. The minimum Gasteiger partial charge on any atom is -0.303 e. The lowest BCUT2D eigenvalue weighted by Gasteiger charge is -2.08. The second kappa shape index (κ2) is 6.33. The summed E-state index contributed by atoms with van der Waals surface area (Å²) in [5.41, 5.74) is 0.920. The zero-order chi connectivity index (χ0) is 14.6. The Morgan fingerprint density at radius 3 is 2.30 bits per heavy atom. The van der Waals surface area contributed by atoms with Crippen molar-refractivity contribution >= 4 is 32.1 Å². The first-order valence-corrected chi connectivity index (χ1v) is 8.35. The Hall–Kier alpha value is -1.46. The maximum absolute atomic E-state index is 12.4. The third-order valence-corrected chi connectivity index (χ3v) is 5.43. The fraction of sp³-hybridized carbons (Fsp3) is 0.133. The highest BCUT2D eigenvalue weighted by molar-refractivity contribution is 9.10. The summed E-state index contributed by atoms with van der Waals surface area (Å²) in [7, 11) is -3.50. The molecule has 0 amide bonds. The zero-order valence-corrected chi connectivity index (χ0v) is 13.0. The van der Waals surface area contributed by atoms with Gasteiger partial charge in [-0.15, -0.1) is 0 Å². The number of halogens is 1. The summed E-state index contributed by atoms with van der Waals surface area (Å²) < 4.78 is 25.6. The van der Waals surface area contributed by atoms with Crippen LogP contribution < -0.4 is 0 Å². The Bertz CT molecular complexity index is 709. The molecule has 3 nitrogen and oxygen atoms in total. The van der Waals surface area contributed by atoms with Gasteiger partial charge in [0.05, 0.1) is 9.79 Å². The van der Waals surface area contributed by atoms with Gasteiger partial charge in [-0.05, 0) is 36.2 Å². The van der Waals surface area contributed by atoms with Gasteiger partial charge in [-0.1, -0.05) is 40.2 Å². The molecular weight excluding hydrogens is 340 g/mol. The predicted octanol–water partition coefficient (Wildman–Crippen LogP) is 3.41. The molecule has 0 unspecified atom stereocenters. The number of rotatable bonds is 5. The molecule has 20 heavy (non-hydrogen) atoms. The van der Waals surface area contributed by atoms with E-state index in [4.69, 9.17) is 0 Å². The van der Waals surface area contributed by atoms with E-state index in [1.807, 2.05) is 0 Å². The number of hydrogen-bond acceptors (Lipinski definition) is 3. The molecule has 0 aliphatic carbocycles. The number of sulfone groups is 1. The lowest BCUT2D eigenvalue weighted by molar-refractivity contribution is -0.107. The third-order valence-electron chi connectivity index (χ3n) is 2.92. The number of aryl methyl sites for hydroxylation is 1. The molecule has 0 N–H and O–H groups in total. The van der Waals surface area contributed by atoms with Crippen LogP contribution in [0.5, 0.6) is 0 Å². The molecule has 0 radical (unpaired) electrons. The molecule has 2 aromatic carbocycles. The van der Waals surface area contributed by atoms with Crippen molar-refractivity contribution in [2.45, 2.75) is 22.6 Å². The normalized spacial score (nSPS) is 11.2. The second-order valence-electron chi connectivity index (χ2n) is 4.28. The smallest absolute Gasteiger partial charge is 0.206 e. The van der Waals surface area contributed by atoms with E-state index in [0.29, 0.717) is 17.3 Å². The lowest BCUT2D eigenvalue weighted by atomic mass is 10.1. The zero-order valence-electron chi connectivity index (χ0n) is 10.6.